The lowest BCUT2D eigenvalue weighted by atomic mass is 10.2. The highest BCUT2D eigenvalue weighted by atomic mass is 127. The van der Waals surface area contributed by atoms with Gasteiger partial charge >= 0.3 is 0 Å². The van der Waals surface area contributed by atoms with Gasteiger partial charge in [0, 0.05) is 27.2 Å². The molecule has 1 amide bonds. The molecule has 7 heteroatoms. The molecule has 1 aliphatic heterocycles. The molecule has 0 radical (unpaired) electrons. The Kier molecular flexibility index (Phi) is 8.56. The summed E-state index contributed by atoms with van der Waals surface area (Å²) in [5.74, 6) is 1.61. The molecular formula is C21H27IN4O2. The Morgan fingerprint density at radius 3 is 2.61 bits per heavy atom. The molecule has 0 saturated carbocycles. The molecule has 150 valence electrons. The van der Waals surface area contributed by atoms with E-state index in [0.717, 1.165) is 30.4 Å². The molecule has 0 spiro atoms. The zero-order valence-corrected chi connectivity index (χ0v) is 18.6. The molecule has 0 atom stereocenters. The molecule has 0 unspecified atom stereocenters. The van der Waals surface area contributed by atoms with Crippen molar-refractivity contribution in [3.63, 3.8) is 0 Å². The van der Waals surface area contributed by atoms with E-state index in [1.807, 2.05) is 61.5 Å². The quantitative estimate of drug-likeness (QED) is 0.290. The summed E-state index contributed by atoms with van der Waals surface area (Å²) >= 11 is 0. The van der Waals surface area contributed by atoms with E-state index in [1.165, 1.54) is 5.56 Å². The van der Waals surface area contributed by atoms with Gasteiger partial charge < -0.3 is 19.9 Å². The van der Waals surface area contributed by atoms with Crippen molar-refractivity contribution in [1.29, 1.82) is 0 Å². The molecule has 0 fully saturated rings. The van der Waals surface area contributed by atoms with Crippen LogP contribution in [-0.4, -0.2) is 50.6 Å². The van der Waals surface area contributed by atoms with E-state index in [0.29, 0.717) is 13.1 Å². The molecule has 0 aromatic heterocycles. The fraction of sp³-hybridized carbons (Fsp3) is 0.333. The van der Waals surface area contributed by atoms with Gasteiger partial charge in [-0.2, -0.15) is 0 Å². The first-order chi connectivity index (χ1) is 13.1. The van der Waals surface area contributed by atoms with Crippen molar-refractivity contribution in [2.75, 3.05) is 38.7 Å². The van der Waals surface area contributed by atoms with E-state index >= 15 is 0 Å². The van der Waals surface area contributed by atoms with Gasteiger partial charge in [-0.25, -0.2) is 4.99 Å². The number of ether oxygens (including phenoxy) is 1. The lowest BCUT2D eigenvalue weighted by molar-refractivity contribution is -0.121. The Morgan fingerprint density at radius 1 is 1.14 bits per heavy atom. The number of benzene rings is 2. The van der Waals surface area contributed by atoms with Crippen molar-refractivity contribution in [3.8, 4) is 5.75 Å². The summed E-state index contributed by atoms with van der Waals surface area (Å²) in [4.78, 5) is 20.6. The lowest BCUT2D eigenvalue weighted by Crippen LogP contribution is -2.41. The lowest BCUT2D eigenvalue weighted by Gasteiger charge is -2.29. The first-order valence-corrected chi connectivity index (χ1v) is 9.17. The van der Waals surface area contributed by atoms with Gasteiger partial charge in [-0.05, 0) is 24.1 Å². The van der Waals surface area contributed by atoms with Gasteiger partial charge in [-0.15, -0.1) is 24.0 Å². The number of halogens is 1. The third kappa shape index (κ3) is 5.85. The largest absolute Gasteiger partial charge is 0.482 e. The number of hydrogen-bond acceptors (Lipinski definition) is 3. The number of aliphatic imine (C=N–C) groups is 1. The normalized spacial score (nSPS) is 13.3. The van der Waals surface area contributed by atoms with Crippen LogP contribution in [0.3, 0.4) is 0 Å². The minimum Gasteiger partial charge on any atom is -0.482 e. The molecule has 28 heavy (non-hydrogen) atoms. The van der Waals surface area contributed by atoms with Crippen molar-refractivity contribution in [3.05, 3.63) is 60.2 Å². The van der Waals surface area contributed by atoms with Crippen molar-refractivity contribution in [1.82, 2.24) is 10.2 Å². The summed E-state index contributed by atoms with van der Waals surface area (Å²) in [5, 5.41) is 3.37. The van der Waals surface area contributed by atoms with E-state index in [-0.39, 0.29) is 36.5 Å². The number of fused-ring (bicyclic) bond motifs is 1. The Balaban J connectivity index is 0.00000280. The molecule has 2 aromatic rings. The first kappa shape index (κ1) is 22.0. The zero-order valence-electron chi connectivity index (χ0n) is 16.3. The smallest absolute Gasteiger partial charge is 0.265 e. The molecule has 3 rings (SSSR count). The molecule has 1 heterocycles. The molecule has 0 saturated heterocycles. The van der Waals surface area contributed by atoms with Crippen LogP contribution in [0, 0.1) is 0 Å². The fourth-order valence-electron chi connectivity index (χ4n) is 2.94. The van der Waals surface area contributed by atoms with Crippen LogP contribution in [0.5, 0.6) is 5.75 Å². The maximum atomic E-state index is 12.2. The first-order valence-electron chi connectivity index (χ1n) is 9.17. The van der Waals surface area contributed by atoms with Crippen molar-refractivity contribution >= 4 is 41.5 Å². The van der Waals surface area contributed by atoms with Gasteiger partial charge in [0.15, 0.2) is 12.6 Å². The number of para-hydroxylation sites is 2. The van der Waals surface area contributed by atoms with Crippen molar-refractivity contribution < 1.29 is 9.53 Å². The van der Waals surface area contributed by atoms with Gasteiger partial charge in [0.05, 0.1) is 12.2 Å². The van der Waals surface area contributed by atoms with Crippen LogP contribution in [0.25, 0.3) is 0 Å². The number of guanidine groups is 1. The highest BCUT2D eigenvalue weighted by Gasteiger charge is 2.24. The second-order valence-corrected chi connectivity index (χ2v) is 6.60. The number of amides is 1. The summed E-state index contributed by atoms with van der Waals surface area (Å²) in [6.45, 7) is 2.12. The average Bonchev–Trinajstić information content (AvgIpc) is 2.69. The molecule has 6 nitrogen and oxygen atoms in total. The SMILES string of the molecule is CN(C)C(=NCc1ccccc1)NCCCN1C(=O)COc2ccccc21.I. The molecule has 2 aromatic carbocycles. The highest BCUT2D eigenvalue weighted by Crippen LogP contribution is 2.31. The Bertz CT molecular complexity index is 796. The van der Waals surface area contributed by atoms with E-state index in [1.54, 1.807) is 4.90 Å². The number of rotatable bonds is 6. The Hall–Kier alpha value is -2.29. The van der Waals surface area contributed by atoms with E-state index < -0.39 is 0 Å². The van der Waals surface area contributed by atoms with Gasteiger partial charge in [0.25, 0.3) is 5.91 Å². The van der Waals surface area contributed by atoms with E-state index in [2.05, 4.69) is 22.4 Å². The minimum atomic E-state index is -0.000669. The molecular weight excluding hydrogens is 467 g/mol. The molecule has 1 N–H and O–H groups in total. The average molecular weight is 494 g/mol. The number of nitrogens with zero attached hydrogens (tertiary/aromatic N) is 3. The second-order valence-electron chi connectivity index (χ2n) is 6.60. The van der Waals surface area contributed by atoms with Gasteiger partial charge in [-0.1, -0.05) is 42.5 Å². The standard InChI is InChI=1S/C21H26N4O2.HI/c1-24(2)21(23-15-17-9-4-3-5-10-17)22-13-8-14-25-18-11-6-7-12-19(18)27-16-20(25)26;/h3-7,9-12H,8,13-16H2,1-2H3,(H,22,23);1H. The van der Waals surface area contributed by atoms with E-state index in [4.69, 9.17) is 4.74 Å². The van der Waals surface area contributed by atoms with Gasteiger partial charge in [-0.3, -0.25) is 4.79 Å². The van der Waals surface area contributed by atoms with Crippen LogP contribution in [-0.2, 0) is 11.3 Å². The summed E-state index contributed by atoms with van der Waals surface area (Å²) in [5.41, 5.74) is 2.02. The number of anilines is 1. The molecule has 0 aliphatic carbocycles. The predicted octanol–water partition coefficient (Wildman–Crippen LogP) is 3.13. The van der Waals surface area contributed by atoms with Crippen LogP contribution in [0.15, 0.2) is 59.6 Å². The third-order valence-corrected chi connectivity index (χ3v) is 4.33. The number of carbonyl (C=O) groups excluding carboxylic acids is 1. The van der Waals surface area contributed by atoms with Crippen LogP contribution in [0.1, 0.15) is 12.0 Å². The maximum Gasteiger partial charge on any atom is 0.265 e. The van der Waals surface area contributed by atoms with Crippen LogP contribution in [0.2, 0.25) is 0 Å². The topological polar surface area (TPSA) is 57.2 Å². The number of nitrogens with one attached hydrogen (secondary N) is 1. The summed E-state index contributed by atoms with van der Waals surface area (Å²) < 4.78 is 5.48. The predicted molar refractivity (Wildman–Crippen MR) is 124 cm³/mol. The summed E-state index contributed by atoms with van der Waals surface area (Å²) in [6, 6.07) is 17.8. The maximum absolute atomic E-state index is 12.2. The fourth-order valence-corrected chi connectivity index (χ4v) is 2.94. The molecule has 0 bridgehead atoms. The zero-order chi connectivity index (χ0) is 19.1. The second kappa shape index (κ2) is 10.9. The number of hydrogen-bond donors (Lipinski definition) is 1. The van der Waals surface area contributed by atoms with Crippen LogP contribution in [0.4, 0.5) is 5.69 Å². The number of carbonyl (C=O) groups is 1. The van der Waals surface area contributed by atoms with Crippen molar-refractivity contribution in [2.45, 2.75) is 13.0 Å². The van der Waals surface area contributed by atoms with Crippen LogP contribution < -0.4 is 15.0 Å². The van der Waals surface area contributed by atoms with Crippen molar-refractivity contribution in [2.24, 2.45) is 4.99 Å². The Labute approximate surface area is 183 Å². The summed E-state index contributed by atoms with van der Waals surface area (Å²) in [7, 11) is 3.94. The highest BCUT2D eigenvalue weighted by molar-refractivity contribution is 14.0. The third-order valence-electron chi connectivity index (χ3n) is 4.33. The minimum absolute atomic E-state index is 0. The van der Waals surface area contributed by atoms with E-state index in [9.17, 15) is 4.79 Å². The van der Waals surface area contributed by atoms with Gasteiger partial charge in [0.1, 0.15) is 5.75 Å². The monoisotopic (exact) mass is 494 g/mol. The molecule has 1 aliphatic rings. The van der Waals surface area contributed by atoms with Crippen LogP contribution >= 0.6 is 24.0 Å². The Morgan fingerprint density at radius 2 is 1.86 bits per heavy atom. The van der Waals surface area contributed by atoms with Gasteiger partial charge in [0.2, 0.25) is 0 Å². The summed E-state index contributed by atoms with van der Waals surface area (Å²) in [6.07, 6.45) is 0.818.